The number of halogens is 1. The van der Waals surface area contributed by atoms with E-state index in [-0.39, 0.29) is 11.8 Å². The van der Waals surface area contributed by atoms with E-state index in [2.05, 4.69) is 5.32 Å². The summed E-state index contributed by atoms with van der Waals surface area (Å²) in [6.45, 7) is 5.38. The predicted molar refractivity (Wildman–Crippen MR) is 93.9 cm³/mol. The fraction of sp³-hybridized carbons (Fsp3) is 0.421. The van der Waals surface area contributed by atoms with E-state index in [1.165, 1.54) is 4.90 Å². The number of amides is 1. The van der Waals surface area contributed by atoms with Crippen molar-refractivity contribution in [3.05, 3.63) is 58.5 Å². The number of hydrogen-bond acceptors (Lipinski definition) is 2. The summed E-state index contributed by atoms with van der Waals surface area (Å²) in [5, 5.41) is 3.73. The molecule has 1 aliphatic heterocycles. The minimum absolute atomic E-state index is 0.106. The summed E-state index contributed by atoms with van der Waals surface area (Å²) in [6.07, 6.45) is 1.84. The van der Waals surface area contributed by atoms with Gasteiger partial charge in [-0.2, -0.15) is 0 Å². The Balaban J connectivity index is 1.44. The lowest BCUT2D eigenvalue weighted by atomic mass is 9.95. The first-order chi connectivity index (χ1) is 11.6. The molecule has 128 valence electrons. The molecule has 0 spiro atoms. The third-order valence-electron chi connectivity index (χ3n) is 4.69. The number of benzene rings is 1. The third-order valence-corrected chi connectivity index (χ3v) is 5.06. The smallest absolute Gasteiger partial charge is 0.223 e. The van der Waals surface area contributed by atoms with Gasteiger partial charge >= 0.3 is 0 Å². The van der Waals surface area contributed by atoms with Gasteiger partial charge in [-0.05, 0) is 30.7 Å². The van der Waals surface area contributed by atoms with Crippen LogP contribution in [0.15, 0.2) is 40.8 Å². The van der Waals surface area contributed by atoms with E-state index in [0.29, 0.717) is 11.6 Å². The zero-order chi connectivity index (χ0) is 16.9. The second-order valence-electron chi connectivity index (χ2n) is 6.52. The normalized spacial score (nSPS) is 20.8. The number of quaternary nitrogens is 1. The first-order valence-electron chi connectivity index (χ1n) is 8.52. The number of piperidine rings is 1. The molecule has 2 N–H and O–H groups in total. The van der Waals surface area contributed by atoms with Crippen LogP contribution in [0.3, 0.4) is 0 Å². The number of furan rings is 1. The molecule has 3 rings (SSSR count). The first kappa shape index (κ1) is 17.1. The highest BCUT2D eigenvalue weighted by Gasteiger charge is 2.27. The van der Waals surface area contributed by atoms with E-state index in [0.717, 1.165) is 49.6 Å². The molecule has 0 unspecified atom stereocenters. The Kier molecular flexibility index (Phi) is 5.59. The Bertz CT molecular complexity index is 690. The molecule has 1 amide bonds. The molecule has 1 fully saturated rings. The average Bonchev–Trinajstić information content (AvgIpc) is 2.99. The van der Waals surface area contributed by atoms with Crippen LogP contribution in [0.25, 0.3) is 0 Å². The lowest BCUT2D eigenvalue weighted by Crippen LogP contribution is -3.11. The standard InChI is InChI=1S/C19H23ClN2O2/c1-14-6-7-17(24-14)13-22-10-8-15(9-11-22)19(23)21-12-16-4-2-3-5-18(16)20/h2-7,15H,8-13H2,1H3,(H,21,23)/p+1. The third kappa shape index (κ3) is 4.40. The quantitative estimate of drug-likeness (QED) is 0.872. The van der Waals surface area contributed by atoms with Crippen LogP contribution in [0.2, 0.25) is 5.02 Å². The highest BCUT2D eigenvalue weighted by molar-refractivity contribution is 6.31. The van der Waals surface area contributed by atoms with E-state index in [4.69, 9.17) is 16.0 Å². The summed E-state index contributed by atoms with van der Waals surface area (Å²) in [5.74, 6) is 2.24. The number of nitrogens with one attached hydrogen (secondary N) is 2. The lowest BCUT2D eigenvalue weighted by molar-refractivity contribution is -0.920. The summed E-state index contributed by atoms with van der Waals surface area (Å²) in [6, 6.07) is 11.7. The minimum Gasteiger partial charge on any atom is -0.460 e. The molecule has 24 heavy (non-hydrogen) atoms. The van der Waals surface area contributed by atoms with Gasteiger partial charge in [-0.3, -0.25) is 4.79 Å². The molecule has 4 nitrogen and oxygen atoms in total. The molecule has 0 bridgehead atoms. The van der Waals surface area contributed by atoms with Gasteiger partial charge in [0.05, 0.1) is 13.1 Å². The van der Waals surface area contributed by atoms with Crippen molar-refractivity contribution in [2.24, 2.45) is 5.92 Å². The van der Waals surface area contributed by atoms with E-state index < -0.39 is 0 Å². The molecule has 1 aromatic heterocycles. The molecule has 2 aromatic rings. The number of rotatable bonds is 5. The molecule has 0 aliphatic carbocycles. The summed E-state index contributed by atoms with van der Waals surface area (Å²) in [7, 11) is 0. The van der Waals surface area contributed by atoms with Gasteiger partial charge < -0.3 is 14.6 Å². The van der Waals surface area contributed by atoms with Gasteiger partial charge in [0.15, 0.2) is 5.76 Å². The summed E-state index contributed by atoms with van der Waals surface area (Å²) in [4.78, 5) is 13.9. The van der Waals surface area contributed by atoms with Gasteiger partial charge in [-0.1, -0.05) is 29.8 Å². The maximum atomic E-state index is 12.4. The fourth-order valence-corrected chi connectivity index (χ4v) is 3.46. The SMILES string of the molecule is Cc1ccc(C[NH+]2CCC(C(=O)NCc3ccccc3Cl)CC2)o1. The molecule has 0 radical (unpaired) electrons. The van der Waals surface area contributed by atoms with Gasteiger partial charge in [0.2, 0.25) is 5.91 Å². The number of aryl methyl sites for hydroxylation is 1. The van der Waals surface area contributed by atoms with E-state index >= 15 is 0 Å². The topological polar surface area (TPSA) is 46.7 Å². The summed E-state index contributed by atoms with van der Waals surface area (Å²) >= 11 is 6.13. The molecule has 1 aromatic carbocycles. The highest BCUT2D eigenvalue weighted by Crippen LogP contribution is 2.16. The first-order valence-corrected chi connectivity index (χ1v) is 8.89. The van der Waals surface area contributed by atoms with Crippen LogP contribution in [0.5, 0.6) is 0 Å². The molecule has 2 heterocycles. The number of carbonyl (C=O) groups excluding carboxylic acids is 1. The maximum Gasteiger partial charge on any atom is 0.223 e. The molecule has 1 saturated heterocycles. The minimum atomic E-state index is 0.106. The Labute approximate surface area is 147 Å². The Hall–Kier alpha value is -1.78. The van der Waals surface area contributed by atoms with Crippen LogP contribution < -0.4 is 10.2 Å². The van der Waals surface area contributed by atoms with Crippen LogP contribution in [0, 0.1) is 12.8 Å². The molecule has 0 saturated carbocycles. The number of carbonyl (C=O) groups is 1. The van der Waals surface area contributed by atoms with Gasteiger partial charge in [-0.15, -0.1) is 0 Å². The van der Waals surface area contributed by atoms with E-state index in [1.807, 2.05) is 43.3 Å². The Morgan fingerprint density at radius 1 is 1.25 bits per heavy atom. The second kappa shape index (κ2) is 7.86. The van der Waals surface area contributed by atoms with Gasteiger partial charge in [-0.25, -0.2) is 0 Å². The fourth-order valence-electron chi connectivity index (χ4n) is 3.26. The molecular formula is C19H24ClN2O2+. The van der Waals surface area contributed by atoms with Crippen molar-refractivity contribution >= 4 is 17.5 Å². The highest BCUT2D eigenvalue weighted by atomic mass is 35.5. The van der Waals surface area contributed by atoms with Crippen LogP contribution in [-0.2, 0) is 17.9 Å². The van der Waals surface area contributed by atoms with Crippen LogP contribution >= 0.6 is 11.6 Å². The average molecular weight is 348 g/mol. The lowest BCUT2D eigenvalue weighted by Gasteiger charge is -2.28. The van der Waals surface area contributed by atoms with Crippen molar-refractivity contribution in [3.8, 4) is 0 Å². The molecule has 1 aliphatic rings. The summed E-state index contributed by atoms with van der Waals surface area (Å²) in [5.41, 5.74) is 0.962. The van der Waals surface area contributed by atoms with Gasteiger partial charge in [0.1, 0.15) is 12.3 Å². The molecule has 5 heteroatoms. The van der Waals surface area contributed by atoms with Crippen molar-refractivity contribution in [2.45, 2.75) is 32.9 Å². The van der Waals surface area contributed by atoms with Crippen molar-refractivity contribution in [1.82, 2.24) is 5.32 Å². The van der Waals surface area contributed by atoms with Crippen molar-refractivity contribution in [3.63, 3.8) is 0 Å². The van der Waals surface area contributed by atoms with Gasteiger partial charge in [0.25, 0.3) is 0 Å². The second-order valence-corrected chi connectivity index (χ2v) is 6.93. The largest absolute Gasteiger partial charge is 0.460 e. The van der Waals surface area contributed by atoms with Gasteiger partial charge in [0, 0.05) is 30.3 Å². The van der Waals surface area contributed by atoms with Crippen LogP contribution in [0.1, 0.15) is 29.9 Å². The van der Waals surface area contributed by atoms with E-state index in [9.17, 15) is 4.79 Å². The van der Waals surface area contributed by atoms with Crippen molar-refractivity contribution in [1.29, 1.82) is 0 Å². The van der Waals surface area contributed by atoms with E-state index in [1.54, 1.807) is 0 Å². The zero-order valence-electron chi connectivity index (χ0n) is 14.0. The predicted octanol–water partition coefficient (Wildman–Crippen LogP) is 2.35. The van der Waals surface area contributed by atoms with Crippen LogP contribution in [-0.4, -0.2) is 19.0 Å². The Morgan fingerprint density at radius 3 is 2.67 bits per heavy atom. The number of likely N-dealkylation sites (tertiary alicyclic amines) is 1. The van der Waals surface area contributed by atoms with Crippen molar-refractivity contribution in [2.75, 3.05) is 13.1 Å². The molecular weight excluding hydrogens is 324 g/mol. The van der Waals surface area contributed by atoms with Crippen molar-refractivity contribution < 1.29 is 14.1 Å². The number of hydrogen-bond donors (Lipinski definition) is 2. The Morgan fingerprint density at radius 2 is 2.00 bits per heavy atom. The monoisotopic (exact) mass is 347 g/mol. The summed E-state index contributed by atoms with van der Waals surface area (Å²) < 4.78 is 5.65. The molecule has 0 atom stereocenters. The zero-order valence-corrected chi connectivity index (χ0v) is 14.7. The van der Waals surface area contributed by atoms with Crippen LogP contribution in [0.4, 0.5) is 0 Å². The maximum absolute atomic E-state index is 12.4.